The predicted octanol–water partition coefficient (Wildman–Crippen LogP) is 7.73. The van der Waals surface area contributed by atoms with Crippen molar-refractivity contribution in [3.63, 3.8) is 0 Å². The van der Waals surface area contributed by atoms with Crippen molar-refractivity contribution in [3.8, 4) is 17.1 Å². The molecule has 0 spiro atoms. The van der Waals surface area contributed by atoms with Gasteiger partial charge in [0.25, 0.3) is 0 Å². The SMILES string of the molecule is O=C(/C=C/c1cccnc1)NCc1ccc(-c2ccc3ncnc(Nc4ccc(OCc5cccc(F)c5)c(Cl)c4)c3c2)o1. The first-order valence-corrected chi connectivity index (χ1v) is 14.0. The maximum Gasteiger partial charge on any atom is 0.244 e. The van der Waals surface area contributed by atoms with Crippen LogP contribution in [-0.4, -0.2) is 20.9 Å². The summed E-state index contributed by atoms with van der Waals surface area (Å²) in [5, 5.41) is 7.30. The first-order chi connectivity index (χ1) is 21.5. The third kappa shape index (κ3) is 7.08. The van der Waals surface area contributed by atoms with Gasteiger partial charge in [0.2, 0.25) is 5.91 Å². The lowest BCUT2D eigenvalue weighted by Gasteiger charge is -2.12. The van der Waals surface area contributed by atoms with Crippen LogP contribution in [0.3, 0.4) is 0 Å². The number of carbonyl (C=O) groups excluding carboxylic acids is 1. The number of nitrogens with zero attached hydrogens (tertiary/aromatic N) is 3. The lowest BCUT2D eigenvalue weighted by atomic mass is 10.1. The number of halogens is 2. The minimum absolute atomic E-state index is 0.188. The third-order valence-electron chi connectivity index (χ3n) is 6.61. The van der Waals surface area contributed by atoms with E-state index in [4.69, 9.17) is 20.8 Å². The first-order valence-electron chi connectivity index (χ1n) is 13.6. The van der Waals surface area contributed by atoms with E-state index in [-0.39, 0.29) is 24.9 Å². The van der Waals surface area contributed by atoms with E-state index < -0.39 is 0 Å². The fraction of sp³-hybridized carbons (Fsp3) is 0.0588. The van der Waals surface area contributed by atoms with Crippen LogP contribution in [0.2, 0.25) is 5.02 Å². The standard InChI is InChI=1S/C34H25ClFN5O3/c35-29-17-26(8-11-32(29)43-20-23-3-1-5-25(36)15-23)41-34-28-16-24(7-10-30(28)39-21-40-34)31-12-9-27(44-31)19-38-33(42)13-6-22-4-2-14-37-18-22/h1-18,21H,19-20H2,(H,38,42)(H,39,40,41)/b13-6+. The van der Waals surface area contributed by atoms with Crippen molar-refractivity contribution in [1.82, 2.24) is 20.3 Å². The second-order valence-corrected chi connectivity index (χ2v) is 10.2. The number of pyridine rings is 1. The number of anilines is 2. The largest absolute Gasteiger partial charge is 0.487 e. The number of hydrogen-bond donors (Lipinski definition) is 2. The Labute approximate surface area is 257 Å². The Morgan fingerprint density at radius 2 is 1.93 bits per heavy atom. The monoisotopic (exact) mass is 605 g/mol. The van der Waals surface area contributed by atoms with Gasteiger partial charge in [-0.25, -0.2) is 14.4 Å². The molecule has 0 saturated carbocycles. The molecule has 2 N–H and O–H groups in total. The molecule has 3 aromatic heterocycles. The van der Waals surface area contributed by atoms with Gasteiger partial charge >= 0.3 is 0 Å². The normalized spacial score (nSPS) is 11.1. The summed E-state index contributed by atoms with van der Waals surface area (Å²) in [5.41, 5.74) is 3.81. The summed E-state index contributed by atoms with van der Waals surface area (Å²) in [7, 11) is 0. The van der Waals surface area contributed by atoms with Gasteiger partial charge in [-0.1, -0.05) is 29.8 Å². The highest BCUT2D eigenvalue weighted by molar-refractivity contribution is 6.32. The van der Waals surface area contributed by atoms with Gasteiger partial charge in [0, 0.05) is 35.1 Å². The van der Waals surface area contributed by atoms with Crippen molar-refractivity contribution in [2.75, 3.05) is 5.32 Å². The summed E-state index contributed by atoms with van der Waals surface area (Å²) in [4.78, 5) is 25.1. The summed E-state index contributed by atoms with van der Waals surface area (Å²) in [6.45, 7) is 0.427. The smallest absolute Gasteiger partial charge is 0.244 e. The first kappa shape index (κ1) is 28.6. The molecular formula is C34H25ClFN5O3. The number of nitrogens with one attached hydrogen (secondary N) is 2. The number of carbonyl (C=O) groups is 1. The number of ether oxygens (including phenoxy) is 1. The highest BCUT2D eigenvalue weighted by Gasteiger charge is 2.11. The zero-order valence-corrected chi connectivity index (χ0v) is 24.0. The quantitative estimate of drug-likeness (QED) is 0.154. The number of benzene rings is 3. The van der Waals surface area contributed by atoms with Crippen LogP contribution in [0, 0.1) is 5.82 Å². The number of amides is 1. The van der Waals surface area contributed by atoms with E-state index >= 15 is 0 Å². The van der Waals surface area contributed by atoms with Crippen molar-refractivity contribution in [2.45, 2.75) is 13.2 Å². The number of aromatic nitrogens is 3. The van der Waals surface area contributed by atoms with E-state index in [2.05, 4.69) is 25.6 Å². The lowest BCUT2D eigenvalue weighted by Crippen LogP contribution is -2.19. The van der Waals surface area contributed by atoms with Crippen molar-refractivity contribution >= 4 is 46.0 Å². The number of fused-ring (bicyclic) bond motifs is 1. The molecule has 1 amide bonds. The minimum Gasteiger partial charge on any atom is -0.487 e. The van der Waals surface area contributed by atoms with E-state index in [1.54, 1.807) is 42.7 Å². The molecule has 6 aromatic rings. The van der Waals surface area contributed by atoms with E-state index in [1.807, 2.05) is 48.5 Å². The molecule has 218 valence electrons. The highest BCUT2D eigenvalue weighted by atomic mass is 35.5. The predicted molar refractivity (Wildman–Crippen MR) is 168 cm³/mol. The van der Waals surface area contributed by atoms with Gasteiger partial charge in [0.05, 0.1) is 17.1 Å². The molecule has 0 radical (unpaired) electrons. The Kier molecular flexibility index (Phi) is 8.56. The van der Waals surface area contributed by atoms with Crippen molar-refractivity contribution in [3.05, 3.63) is 137 Å². The van der Waals surface area contributed by atoms with Gasteiger partial charge in [-0.2, -0.15) is 0 Å². The van der Waals surface area contributed by atoms with Crippen LogP contribution in [0.5, 0.6) is 5.75 Å². The topological polar surface area (TPSA) is 102 Å². The maximum atomic E-state index is 13.5. The van der Waals surface area contributed by atoms with Crippen LogP contribution >= 0.6 is 11.6 Å². The molecule has 8 nitrogen and oxygen atoms in total. The van der Waals surface area contributed by atoms with Gasteiger partial charge in [-0.3, -0.25) is 9.78 Å². The molecule has 0 unspecified atom stereocenters. The molecular weight excluding hydrogens is 581 g/mol. The summed E-state index contributed by atoms with van der Waals surface area (Å²) in [6, 6.07) is 24.6. The second-order valence-electron chi connectivity index (χ2n) is 9.75. The molecule has 0 atom stereocenters. The molecule has 0 bridgehead atoms. The number of furan rings is 1. The fourth-order valence-corrected chi connectivity index (χ4v) is 4.67. The van der Waals surface area contributed by atoms with Crippen LogP contribution in [0.25, 0.3) is 28.3 Å². The van der Waals surface area contributed by atoms with Crippen molar-refractivity contribution in [2.24, 2.45) is 0 Å². The van der Waals surface area contributed by atoms with Crippen molar-refractivity contribution in [1.29, 1.82) is 0 Å². The Hall–Kier alpha value is -5.54. The highest BCUT2D eigenvalue weighted by Crippen LogP contribution is 2.33. The summed E-state index contributed by atoms with van der Waals surface area (Å²) < 4.78 is 25.3. The average molecular weight is 606 g/mol. The molecule has 6 rings (SSSR count). The molecule has 0 aliphatic heterocycles. The number of rotatable bonds is 10. The number of hydrogen-bond acceptors (Lipinski definition) is 7. The molecule has 0 aliphatic rings. The van der Waals surface area contributed by atoms with Gasteiger partial charge in [-0.05, 0) is 83.9 Å². The summed E-state index contributed by atoms with van der Waals surface area (Å²) in [5.74, 6) is 1.75. The maximum absolute atomic E-state index is 13.5. The Morgan fingerprint density at radius 1 is 1.00 bits per heavy atom. The molecule has 3 aromatic carbocycles. The van der Waals surface area contributed by atoms with E-state index in [0.717, 1.165) is 22.0 Å². The molecule has 0 saturated heterocycles. The van der Waals surface area contributed by atoms with Crippen LogP contribution in [0.4, 0.5) is 15.9 Å². The molecule has 0 fully saturated rings. The second kappa shape index (κ2) is 13.2. The summed E-state index contributed by atoms with van der Waals surface area (Å²) >= 11 is 6.49. The fourth-order valence-electron chi connectivity index (χ4n) is 4.44. The minimum atomic E-state index is -0.320. The van der Waals surface area contributed by atoms with Crippen LogP contribution in [-0.2, 0) is 17.9 Å². The van der Waals surface area contributed by atoms with Gasteiger partial charge in [0.15, 0.2) is 0 Å². The van der Waals surface area contributed by atoms with Crippen LogP contribution < -0.4 is 15.4 Å². The zero-order valence-electron chi connectivity index (χ0n) is 23.2. The van der Waals surface area contributed by atoms with Gasteiger partial charge in [-0.15, -0.1) is 0 Å². The Balaban J connectivity index is 1.13. The molecule has 10 heteroatoms. The zero-order chi connectivity index (χ0) is 30.3. The van der Waals surface area contributed by atoms with Gasteiger partial charge < -0.3 is 19.8 Å². The average Bonchev–Trinajstić information content (AvgIpc) is 3.52. The molecule has 44 heavy (non-hydrogen) atoms. The van der Waals surface area contributed by atoms with Gasteiger partial charge in [0.1, 0.15) is 41.8 Å². The molecule has 3 heterocycles. The lowest BCUT2D eigenvalue weighted by molar-refractivity contribution is -0.116. The van der Waals surface area contributed by atoms with Crippen LogP contribution in [0.15, 0.2) is 114 Å². The Bertz CT molecular complexity index is 1960. The van der Waals surface area contributed by atoms with Crippen LogP contribution in [0.1, 0.15) is 16.9 Å². The molecule has 0 aliphatic carbocycles. The van der Waals surface area contributed by atoms with E-state index in [0.29, 0.717) is 39.4 Å². The third-order valence-corrected chi connectivity index (χ3v) is 6.90. The Morgan fingerprint density at radius 3 is 2.77 bits per heavy atom. The van der Waals surface area contributed by atoms with Crippen molar-refractivity contribution < 1.29 is 18.3 Å². The summed E-state index contributed by atoms with van der Waals surface area (Å²) in [6.07, 6.45) is 8.00. The van der Waals surface area contributed by atoms with E-state index in [9.17, 15) is 9.18 Å². The van der Waals surface area contributed by atoms with E-state index in [1.165, 1.54) is 24.5 Å².